The van der Waals surface area contributed by atoms with Crippen LogP contribution in [0.25, 0.3) is 0 Å². The summed E-state index contributed by atoms with van der Waals surface area (Å²) in [6.45, 7) is 1.91. The fraction of sp³-hybridized carbons (Fsp3) is 0.455. The predicted molar refractivity (Wildman–Crippen MR) is 69.9 cm³/mol. The Balaban J connectivity index is 2.49. The molecular weight excluding hydrogens is 291 g/mol. The zero-order valence-electron chi connectivity index (χ0n) is 9.09. The monoisotopic (exact) mass is 304 g/mol. The first-order chi connectivity index (χ1) is 7.63. The third-order valence-corrected chi connectivity index (χ3v) is 2.79. The van der Waals surface area contributed by atoms with Crippen LogP contribution in [0.4, 0.5) is 5.82 Å². The number of amides is 1. The number of hydrogen-bond donors (Lipinski definition) is 1. The highest BCUT2D eigenvalue weighted by atomic mass is 79.9. The molecule has 1 N–H and O–H groups in total. The Kier molecular flexibility index (Phi) is 5.77. The number of aryl methyl sites for hydroxylation is 1. The number of alkyl halides is 1. The maximum absolute atomic E-state index is 11.5. The number of nitrogens with zero attached hydrogens (tertiary/aromatic N) is 1. The molecular formula is C11H14BrClN2O. The normalized spacial score (nSPS) is 10.2. The van der Waals surface area contributed by atoms with Crippen LogP contribution in [-0.4, -0.2) is 16.8 Å². The molecule has 0 bridgehead atoms. The molecule has 0 fully saturated rings. The van der Waals surface area contributed by atoms with Crippen molar-refractivity contribution in [2.45, 2.75) is 26.2 Å². The lowest BCUT2D eigenvalue weighted by Gasteiger charge is -2.07. The molecule has 5 heteroatoms. The van der Waals surface area contributed by atoms with E-state index in [2.05, 4.69) is 26.2 Å². The van der Waals surface area contributed by atoms with Gasteiger partial charge in [-0.2, -0.15) is 0 Å². The van der Waals surface area contributed by atoms with E-state index in [1.165, 1.54) is 0 Å². The molecule has 0 atom stereocenters. The third kappa shape index (κ3) is 4.49. The number of rotatable bonds is 5. The number of carbonyl (C=O) groups excluding carboxylic acids is 1. The molecule has 0 aliphatic heterocycles. The van der Waals surface area contributed by atoms with Crippen LogP contribution in [-0.2, 0) is 4.79 Å². The first-order valence-electron chi connectivity index (χ1n) is 5.11. The van der Waals surface area contributed by atoms with Crippen molar-refractivity contribution in [3.8, 4) is 0 Å². The van der Waals surface area contributed by atoms with Crippen molar-refractivity contribution in [1.29, 1.82) is 0 Å². The van der Waals surface area contributed by atoms with Crippen molar-refractivity contribution >= 4 is 39.3 Å². The largest absolute Gasteiger partial charge is 0.310 e. The highest BCUT2D eigenvalue weighted by molar-refractivity contribution is 9.10. The number of anilines is 1. The van der Waals surface area contributed by atoms with E-state index in [4.69, 9.17) is 11.6 Å². The van der Waals surface area contributed by atoms with Crippen LogP contribution in [0.2, 0.25) is 0 Å². The molecule has 0 saturated carbocycles. The summed E-state index contributed by atoms with van der Waals surface area (Å²) < 4.78 is 0.908. The van der Waals surface area contributed by atoms with E-state index in [-0.39, 0.29) is 5.91 Å². The molecule has 16 heavy (non-hydrogen) atoms. The fourth-order valence-corrected chi connectivity index (χ4v) is 1.88. The van der Waals surface area contributed by atoms with Crippen LogP contribution >= 0.6 is 27.5 Å². The van der Waals surface area contributed by atoms with Crippen molar-refractivity contribution in [3.05, 3.63) is 22.3 Å². The molecule has 1 heterocycles. The number of pyridine rings is 1. The second-order valence-corrected chi connectivity index (χ2v) is 4.81. The maximum atomic E-state index is 11.5. The summed E-state index contributed by atoms with van der Waals surface area (Å²) in [6, 6.07) is 1.92. The Hall–Kier alpha value is -0.610. The Labute approximate surface area is 109 Å². The summed E-state index contributed by atoms with van der Waals surface area (Å²) in [5.74, 6) is 1.21. The van der Waals surface area contributed by atoms with E-state index in [1.54, 1.807) is 6.20 Å². The van der Waals surface area contributed by atoms with Crippen LogP contribution in [0.3, 0.4) is 0 Å². The van der Waals surface area contributed by atoms with E-state index in [1.807, 2.05) is 13.0 Å². The first kappa shape index (κ1) is 13.5. The van der Waals surface area contributed by atoms with Gasteiger partial charge >= 0.3 is 0 Å². The summed E-state index contributed by atoms with van der Waals surface area (Å²) in [4.78, 5) is 15.7. The average Bonchev–Trinajstić information content (AvgIpc) is 2.23. The van der Waals surface area contributed by atoms with E-state index >= 15 is 0 Å². The topological polar surface area (TPSA) is 42.0 Å². The van der Waals surface area contributed by atoms with Gasteiger partial charge in [-0.3, -0.25) is 4.79 Å². The molecule has 1 aromatic rings. The molecule has 0 radical (unpaired) electrons. The summed E-state index contributed by atoms with van der Waals surface area (Å²) in [5.41, 5.74) is 0.945. The number of carbonyl (C=O) groups is 1. The average molecular weight is 306 g/mol. The minimum absolute atomic E-state index is 0.0111. The number of halogens is 2. The van der Waals surface area contributed by atoms with Crippen LogP contribution in [0.5, 0.6) is 0 Å². The zero-order valence-corrected chi connectivity index (χ0v) is 11.4. The predicted octanol–water partition coefficient (Wildman–Crippen LogP) is 3.50. The number of unbranched alkanes of at least 4 members (excludes halogenated alkanes) is 1. The summed E-state index contributed by atoms with van der Waals surface area (Å²) >= 11 is 8.86. The third-order valence-electron chi connectivity index (χ3n) is 2.09. The van der Waals surface area contributed by atoms with Gasteiger partial charge in [-0.25, -0.2) is 4.98 Å². The van der Waals surface area contributed by atoms with Crippen molar-refractivity contribution < 1.29 is 4.79 Å². The van der Waals surface area contributed by atoms with Gasteiger partial charge in [0.1, 0.15) is 5.82 Å². The van der Waals surface area contributed by atoms with Crippen molar-refractivity contribution in [2.75, 3.05) is 11.2 Å². The van der Waals surface area contributed by atoms with Gasteiger partial charge < -0.3 is 5.32 Å². The minimum atomic E-state index is -0.0111. The Morgan fingerprint density at radius 3 is 2.94 bits per heavy atom. The molecule has 3 nitrogen and oxygen atoms in total. The lowest BCUT2D eigenvalue weighted by atomic mass is 10.2. The molecule has 1 aromatic heterocycles. The number of aromatic nitrogens is 1. The molecule has 0 saturated heterocycles. The fourth-order valence-electron chi connectivity index (χ4n) is 1.25. The standard InChI is InChI=1S/C11H14BrClN2O/c1-8-6-9(12)7-14-11(8)15-10(16)4-2-3-5-13/h6-7H,2-5H2,1H3,(H,14,15,16). The van der Waals surface area contributed by atoms with Crippen molar-refractivity contribution in [3.63, 3.8) is 0 Å². The highest BCUT2D eigenvalue weighted by Gasteiger charge is 2.05. The summed E-state index contributed by atoms with van der Waals surface area (Å²) in [7, 11) is 0. The zero-order chi connectivity index (χ0) is 12.0. The van der Waals surface area contributed by atoms with Gasteiger partial charge in [-0.15, -0.1) is 11.6 Å². The maximum Gasteiger partial charge on any atom is 0.225 e. The molecule has 0 aliphatic rings. The van der Waals surface area contributed by atoms with Crippen LogP contribution in [0, 0.1) is 6.92 Å². The first-order valence-corrected chi connectivity index (χ1v) is 6.44. The lowest BCUT2D eigenvalue weighted by molar-refractivity contribution is -0.116. The lowest BCUT2D eigenvalue weighted by Crippen LogP contribution is -2.13. The van der Waals surface area contributed by atoms with Gasteiger partial charge in [-0.1, -0.05) is 0 Å². The van der Waals surface area contributed by atoms with Crippen LogP contribution in [0.1, 0.15) is 24.8 Å². The molecule has 0 aromatic carbocycles. The van der Waals surface area contributed by atoms with E-state index in [0.29, 0.717) is 18.1 Å². The SMILES string of the molecule is Cc1cc(Br)cnc1NC(=O)CCCCCl. The van der Waals surface area contributed by atoms with Gasteiger partial charge in [0.2, 0.25) is 5.91 Å². The Morgan fingerprint density at radius 1 is 1.56 bits per heavy atom. The van der Waals surface area contributed by atoms with Gasteiger partial charge in [0.05, 0.1) is 0 Å². The van der Waals surface area contributed by atoms with E-state index in [9.17, 15) is 4.79 Å². The van der Waals surface area contributed by atoms with Gasteiger partial charge in [0, 0.05) is 23.0 Å². The molecule has 1 rings (SSSR count). The quantitative estimate of drug-likeness (QED) is 0.668. The van der Waals surface area contributed by atoms with Crippen molar-refractivity contribution in [1.82, 2.24) is 4.98 Å². The van der Waals surface area contributed by atoms with E-state index < -0.39 is 0 Å². The van der Waals surface area contributed by atoms with Crippen LogP contribution < -0.4 is 5.32 Å². The van der Waals surface area contributed by atoms with Gasteiger partial charge in [0.25, 0.3) is 0 Å². The second-order valence-electron chi connectivity index (χ2n) is 3.51. The Bertz CT molecular complexity index is 371. The van der Waals surface area contributed by atoms with E-state index in [0.717, 1.165) is 22.9 Å². The molecule has 0 spiro atoms. The molecule has 1 amide bonds. The second kappa shape index (κ2) is 6.86. The molecule has 0 aliphatic carbocycles. The molecule has 0 unspecified atom stereocenters. The summed E-state index contributed by atoms with van der Waals surface area (Å²) in [5, 5.41) is 2.78. The smallest absolute Gasteiger partial charge is 0.225 e. The highest BCUT2D eigenvalue weighted by Crippen LogP contribution is 2.17. The molecule has 88 valence electrons. The van der Waals surface area contributed by atoms with Gasteiger partial charge in [0.15, 0.2) is 0 Å². The number of nitrogens with one attached hydrogen (secondary N) is 1. The summed E-state index contributed by atoms with van der Waals surface area (Å²) in [6.07, 6.45) is 3.83. The Morgan fingerprint density at radius 2 is 2.31 bits per heavy atom. The van der Waals surface area contributed by atoms with Crippen molar-refractivity contribution in [2.24, 2.45) is 0 Å². The number of hydrogen-bond acceptors (Lipinski definition) is 2. The van der Waals surface area contributed by atoms with Crippen LogP contribution in [0.15, 0.2) is 16.7 Å². The van der Waals surface area contributed by atoms with Gasteiger partial charge in [-0.05, 0) is 47.3 Å². The minimum Gasteiger partial charge on any atom is -0.310 e.